The summed E-state index contributed by atoms with van der Waals surface area (Å²) in [5.41, 5.74) is 8.82. The maximum absolute atomic E-state index is 6.07. The molecule has 0 atom stereocenters. The Labute approximate surface area is 208 Å². The standard InChI is InChI=1S/C28H37N7/c29-28-32-26(30-24-11-15-34(16-12-24)20-22-7-3-1-4-8-22)19-27(33-28)31-25-13-17-35(18-14-25)21-23-9-5-2-6-10-23/h1-10,19,24-25H,11-18,20-21H2,(H4,29,30,31,32,33). The van der Waals surface area contributed by atoms with Crippen LogP contribution < -0.4 is 16.4 Å². The summed E-state index contributed by atoms with van der Waals surface area (Å²) >= 11 is 0. The Kier molecular flexibility index (Phi) is 7.75. The SMILES string of the molecule is Nc1nc(NC2CCN(Cc3ccccc3)CC2)cc(NC2CCN(Cc3ccccc3)CC2)n1. The summed E-state index contributed by atoms with van der Waals surface area (Å²) in [5, 5.41) is 7.22. The molecule has 7 nitrogen and oxygen atoms in total. The normalized spacial score (nSPS) is 18.4. The largest absolute Gasteiger partial charge is 0.368 e. The molecule has 0 bridgehead atoms. The van der Waals surface area contributed by atoms with Gasteiger partial charge < -0.3 is 16.4 Å². The summed E-state index contributed by atoms with van der Waals surface area (Å²) < 4.78 is 0. The summed E-state index contributed by atoms with van der Waals surface area (Å²) in [6.45, 7) is 6.37. The molecule has 5 rings (SSSR count). The van der Waals surface area contributed by atoms with Crippen molar-refractivity contribution in [2.75, 3.05) is 42.5 Å². The maximum atomic E-state index is 6.07. The van der Waals surface area contributed by atoms with Gasteiger partial charge in [0.05, 0.1) is 0 Å². The second kappa shape index (κ2) is 11.5. The molecule has 0 saturated carbocycles. The molecule has 0 amide bonds. The van der Waals surface area contributed by atoms with E-state index in [0.717, 1.165) is 76.6 Å². The van der Waals surface area contributed by atoms with Crippen molar-refractivity contribution < 1.29 is 0 Å². The molecule has 0 radical (unpaired) electrons. The molecule has 3 aromatic rings. The lowest BCUT2D eigenvalue weighted by molar-refractivity contribution is 0.211. The predicted molar refractivity (Wildman–Crippen MR) is 143 cm³/mol. The molecular formula is C28H37N7. The van der Waals surface area contributed by atoms with Gasteiger partial charge >= 0.3 is 0 Å². The first kappa shape index (κ1) is 23.6. The zero-order chi connectivity index (χ0) is 23.9. The van der Waals surface area contributed by atoms with Crippen LogP contribution in [0, 0.1) is 0 Å². The third kappa shape index (κ3) is 6.93. The third-order valence-electron chi connectivity index (χ3n) is 7.12. The zero-order valence-corrected chi connectivity index (χ0v) is 20.4. The molecule has 35 heavy (non-hydrogen) atoms. The average molecular weight is 472 g/mol. The molecule has 3 heterocycles. The van der Waals surface area contributed by atoms with Crippen LogP contribution >= 0.6 is 0 Å². The van der Waals surface area contributed by atoms with E-state index < -0.39 is 0 Å². The van der Waals surface area contributed by atoms with Crippen molar-refractivity contribution in [2.24, 2.45) is 0 Å². The van der Waals surface area contributed by atoms with Gasteiger partial charge in [0.15, 0.2) is 0 Å². The Morgan fingerprint density at radius 1 is 0.657 bits per heavy atom. The summed E-state index contributed by atoms with van der Waals surface area (Å²) in [5.74, 6) is 1.96. The summed E-state index contributed by atoms with van der Waals surface area (Å²) in [6.07, 6.45) is 4.39. The lowest BCUT2D eigenvalue weighted by atomic mass is 10.0. The Morgan fingerprint density at radius 3 is 1.46 bits per heavy atom. The molecule has 7 heteroatoms. The van der Waals surface area contributed by atoms with E-state index in [1.165, 1.54) is 11.1 Å². The number of nitrogens with one attached hydrogen (secondary N) is 2. The minimum absolute atomic E-state index is 0.320. The summed E-state index contributed by atoms with van der Waals surface area (Å²) in [4.78, 5) is 14.0. The average Bonchev–Trinajstić information content (AvgIpc) is 2.87. The number of hydrogen-bond acceptors (Lipinski definition) is 7. The molecule has 2 saturated heterocycles. The minimum Gasteiger partial charge on any atom is -0.368 e. The fraction of sp³-hybridized carbons (Fsp3) is 0.429. The number of likely N-dealkylation sites (tertiary alicyclic amines) is 2. The van der Waals surface area contributed by atoms with Crippen LogP contribution in [-0.4, -0.2) is 58.0 Å². The minimum atomic E-state index is 0.320. The second-order valence-corrected chi connectivity index (χ2v) is 9.86. The zero-order valence-electron chi connectivity index (χ0n) is 20.4. The van der Waals surface area contributed by atoms with E-state index in [9.17, 15) is 0 Å². The molecule has 4 N–H and O–H groups in total. The first-order chi connectivity index (χ1) is 17.2. The quantitative estimate of drug-likeness (QED) is 0.454. The maximum Gasteiger partial charge on any atom is 0.223 e. The van der Waals surface area contributed by atoms with Crippen molar-refractivity contribution in [1.29, 1.82) is 0 Å². The number of hydrogen-bond donors (Lipinski definition) is 3. The molecular weight excluding hydrogens is 434 g/mol. The highest BCUT2D eigenvalue weighted by Crippen LogP contribution is 2.22. The van der Waals surface area contributed by atoms with E-state index in [1.54, 1.807) is 0 Å². The Bertz CT molecular complexity index is 962. The first-order valence-electron chi connectivity index (χ1n) is 12.9. The molecule has 0 aliphatic carbocycles. The predicted octanol–water partition coefficient (Wildman–Crippen LogP) is 4.21. The first-order valence-corrected chi connectivity index (χ1v) is 12.9. The second-order valence-electron chi connectivity index (χ2n) is 9.86. The molecule has 2 aliphatic rings. The Morgan fingerprint density at radius 2 is 1.06 bits per heavy atom. The van der Waals surface area contributed by atoms with Crippen molar-refractivity contribution in [1.82, 2.24) is 19.8 Å². The van der Waals surface area contributed by atoms with E-state index in [2.05, 4.69) is 91.1 Å². The fourth-order valence-electron chi connectivity index (χ4n) is 5.19. The lowest BCUT2D eigenvalue weighted by Gasteiger charge is -2.33. The number of nitrogen functional groups attached to an aromatic ring is 1. The number of rotatable bonds is 8. The van der Waals surface area contributed by atoms with Gasteiger partial charge in [-0.1, -0.05) is 60.7 Å². The molecule has 2 aliphatic heterocycles. The van der Waals surface area contributed by atoms with Gasteiger partial charge in [0, 0.05) is 57.4 Å². The van der Waals surface area contributed by atoms with E-state index >= 15 is 0 Å². The summed E-state index contributed by atoms with van der Waals surface area (Å²) in [7, 11) is 0. The van der Waals surface area contributed by atoms with E-state index in [1.807, 2.05) is 6.07 Å². The third-order valence-corrected chi connectivity index (χ3v) is 7.12. The van der Waals surface area contributed by atoms with Gasteiger partial charge in [-0.2, -0.15) is 9.97 Å². The van der Waals surface area contributed by atoms with Crippen LogP contribution in [0.25, 0.3) is 0 Å². The van der Waals surface area contributed by atoms with Crippen LogP contribution in [0.3, 0.4) is 0 Å². The van der Waals surface area contributed by atoms with Crippen LogP contribution in [0.15, 0.2) is 66.7 Å². The van der Waals surface area contributed by atoms with Gasteiger partial charge in [-0.3, -0.25) is 9.80 Å². The van der Waals surface area contributed by atoms with Gasteiger partial charge in [0.25, 0.3) is 0 Å². The van der Waals surface area contributed by atoms with E-state index in [4.69, 9.17) is 5.73 Å². The number of anilines is 3. The van der Waals surface area contributed by atoms with Gasteiger partial charge in [-0.15, -0.1) is 0 Å². The molecule has 1 aromatic heterocycles. The highest BCUT2D eigenvalue weighted by molar-refractivity contribution is 5.52. The number of aromatic nitrogens is 2. The Balaban J connectivity index is 1.09. The molecule has 2 fully saturated rings. The lowest BCUT2D eigenvalue weighted by Crippen LogP contribution is -2.39. The molecule has 184 valence electrons. The van der Waals surface area contributed by atoms with Gasteiger partial charge in [0.1, 0.15) is 11.6 Å². The van der Waals surface area contributed by atoms with Gasteiger partial charge in [-0.25, -0.2) is 0 Å². The van der Waals surface area contributed by atoms with Crippen LogP contribution in [-0.2, 0) is 13.1 Å². The highest BCUT2D eigenvalue weighted by Gasteiger charge is 2.22. The Hall–Kier alpha value is -3.16. The van der Waals surface area contributed by atoms with Crippen molar-refractivity contribution in [3.8, 4) is 0 Å². The van der Waals surface area contributed by atoms with Gasteiger partial charge in [0.2, 0.25) is 5.95 Å². The number of piperidine rings is 2. The van der Waals surface area contributed by atoms with Crippen LogP contribution in [0.5, 0.6) is 0 Å². The number of benzene rings is 2. The fourth-order valence-corrected chi connectivity index (χ4v) is 5.19. The smallest absolute Gasteiger partial charge is 0.223 e. The van der Waals surface area contributed by atoms with Crippen molar-refractivity contribution in [3.63, 3.8) is 0 Å². The van der Waals surface area contributed by atoms with Crippen molar-refractivity contribution in [3.05, 3.63) is 77.9 Å². The molecule has 0 spiro atoms. The van der Waals surface area contributed by atoms with Crippen LogP contribution in [0.1, 0.15) is 36.8 Å². The number of nitrogens with zero attached hydrogens (tertiary/aromatic N) is 4. The van der Waals surface area contributed by atoms with Crippen molar-refractivity contribution >= 4 is 17.6 Å². The molecule has 0 unspecified atom stereocenters. The summed E-state index contributed by atoms with van der Waals surface area (Å²) in [6, 6.07) is 24.3. The van der Waals surface area contributed by atoms with E-state index in [0.29, 0.717) is 18.0 Å². The number of nitrogens with two attached hydrogens (primary N) is 1. The molecule has 2 aromatic carbocycles. The highest BCUT2D eigenvalue weighted by atomic mass is 15.2. The van der Waals surface area contributed by atoms with Crippen LogP contribution in [0.4, 0.5) is 17.6 Å². The van der Waals surface area contributed by atoms with Crippen molar-refractivity contribution in [2.45, 2.75) is 50.9 Å². The topological polar surface area (TPSA) is 82.3 Å². The van der Waals surface area contributed by atoms with Crippen LogP contribution in [0.2, 0.25) is 0 Å². The van der Waals surface area contributed by atoms with Gasteiger partial charge in [-0.05, 0) is 36.8 Å². The monoisotopic (exact) mass is 471 g/mol. The van der Waals surface area contributed by atoms with E-state index in [-0.39, 0.29) is 0 Å².